The normalized spacial score (nSPS) is 16.0. The molecule has 0 aromatic carbocycles. The van der Waals surface area contributed by atoms with E-state index in [1.54, 1.807) is 6.92 Å². The predicted molar refractivity (Wildman–Crippen MR) is 92.9 cm³/mol. The van der Waals surface area contributed by atoms with Gasteiger partial charge in [-0.2, -0.15) is 0 Å². The number of rotatable bonds is 7. The maximum atomic E-state index is 12.1. The van der Waals surface area contributed by atoms with E-state index in [4.69, 9.17) is 14.2 Å². The maximum absolute atomic E-state index is 12.1. The summed E-state index contributed by atoms with van der Waals surface area (Å²) in [6, 6.07) is 0. The predicted octanol–water partition coefficient (Wildman–Crippen LogP) is 2.18. The maximum Gasteiger partial charge on any atom is 0.341 e. The summed E-state index contributed by atoms with van der Waals surface area (Å²) in [5, 5.41) is 3.13. The van der Waals surface area contributed by atoms with Gasteiger partial charge in [0.25, 0.3) is 5.91 Å². The molecule has 1 atom stereocenters. The molecule has 0 aliphatic heterocycles. The lowest BCUT2D eigenvalue weighted by Crippen LogP contribution is -2.23. The summed E-state index contributed by atoms with van der Waals surface area (Å²) < 4.78 is 14.6. The Kier molecular flexibility index (Phi) is 6.95. The first-order valence-electron chi connectivity index (χ1n) is 8.22. The standard InChI is InChI=1S/C17H23NO6S/c1-4-23-9-14(20)24-8-13(19)18-16-15(17(21)22-3)11-6-5-10(2)7-12(11)25-16/h10H,4-9H2,1-3H3,(H,18,19)/t10-/m0/s1. The smallest absolute Gasteiger partial charge is 0.341 e. The number of hydrogen-bond acceptors (Lipinski definition) is 7. The van der Waals surface area contributed by atoms with Gasteiger partial charge in [-0.3, -0.25) is 4.79 Å². The Balaban J connectivity index is 2.07. The summed E-state index contributed by atoms with van der Waals surface area (Å²) in [6.07, 6.45) is 2.66. The number of nitrogens with one attached hydrogen (secondary N) is 1. The van der Waals surface area contributed by atoms with Crippen molar-refractivity contribution in [3.05, 3.63) is 16.0 Å². The number of anilines is 1. The number of thiophene rings is 1. The third kappa shape index (κ3) is 5.02. The van der Waals surface area contributed by atoms with Gasteiger partial charge in [-0.25, -0.2) is 9.59 Å². The van der Waals surface area contributed by atoms with Gasteiger partial charge < -0.3 is 19.5 Å². The van der Waals surface area contributed by atoms with Crippen molar-refractivity contribution in [1.29, 1.82) is 0 Å². The van der Waals surface area contributed by atoms with Gasteiger partial charge in [0.05, 0.1) is 12.7 Å². The largest absolute Gasteiger partial charge is 0.465 e. The van der Waals surface area contributed by atoms with E-state index in [1.165, 1.54) is 18.4 Å². The summed E-state index contributed by atoms with van der Waals surface area (Å²) in [4.78, 5) is 36.7. The Morgan fingerprint density at radius 1 is 1.28 bits per heavy atom. The van der Waals surface area contributed by atoms with Crippen molar-refractivity contribution in [1.82, 2.24) is 0 Å². The molecule has 25 heavy (non-hydrogen) atoms. The van der Waals surface area contributed by atoms with Crippen LogP contribution >= 0.6 is 11.3 Å². The SMILES string of the molecule is CCOCC(=O)OCC(=O)Nc1sc2c(c1C(=O)OC)CC[C@H](C)C2. The molecule has 1 amide bonds. The number of amides is 1. The third-order valence-electron chi connectivity index (χ3n) is 3.94. The average molecular weight is 369 g/mol. The van der Waals surface area contributed by atoms with Crippen molar-refractivity contribution in [2.45, 2.75) is 33.1 Å². The van der Waals surface area contributed by atoms with Crippen LogP contribution in [0.1, 0.15) is 41.1 Å². The Bertz CT molecular complexity index is 654. The molecule has 0 unspecified atom stereocenters. The highest BCUT2D eigenvalue weighted by Crippen LogP contribution is 2.39. The molecule has 0 bridgehead atoms. The minimum absolute atomic E-state index is 0.192. The van der Waals surface area contributed by atoms with Gasteiger partial charge in [0, 0.05) is 11.5 Å². The molecule has 0 radical (unpaired) electrons. The van der Waals surface area contributed by atoms with Crippen molar-refractivity contribution < 1.29 is 28.6 Å². The van der Waals surface area contributed by atoms with Gasteiger partial charge in [-0.15, -0.1) is 11.3 Å². The number of methoxy groups -OCH3 is 1. The lowest BCUT2D eigenvalue weighted by molar-refractivity contribution is -0.151. The van der Waals surface area contributed by atoms with E-state index in [2.05, 4.69) is 12.2 Å². The first-order chi connectivity index (χ1) is 12.0. The van der Waals surface area contributed by atoms with E-state index < -0.39 is 24.5 Å². The molecule has 1 aromatic rings. The van der Waals surface area contributed by atoms with Crippen LogP contribution in [0.15, 0.2) is 0 Å². The van der Waals surface area contributed by atoms with Gasteiger partial charge in [0.1, 0.15) is 11.6 Å². The van der Waals surface area contributed by atoms with Crippen LogP contribution in [-0.2, 0) is 36.6 Å². The first kappa shape index (κ1) is 19.4. The lowest BCUT2D eigenvalue weighted by Gasteiger charge is -2.18. The Morgan fingerprint density at radius 2 is 2.04 bits per heavy atom. The van der Waals surface area contributed by atoms with E-state index in [1.807, 2.05) is 0 Å². The van der Waals surface area contributed by atoms with Crippen LogP contribution in [0.2, 0.25) is 0 Å². The second-order valence-corrected chi connectivity index (χ2v) is 7.00. The topological polar surface area (TPSA) is 90.9 Å². The molecule has 0 fully saturated rings. The monoisotopic (exact) mass is 369 g/mol. The van der Waals surface area contributed by atoms with E-state index in [-0.39, 0.29) is 6.61 Å². The Morgan fingerprint density at radius 3 is 2.72 bits per heavy atom. The van der Waals surface area contributed by atoms with E-state index in [0.717, 1.165) is 29.7 Å². The molecule has 1 aromatic heterocycles. The molecule has 0 saturated carbocycles. The highest BCUT2D eigenvalue weighted by molar-refractivity contribution is 7.17. The Labute approximate surface area is 150 Å². The zero-order valence-corrected chi connectivity index (χ0v) is 15.5. The van der Waals surface area contributed by atoms with Gasteiger partial charge in [-0.05, 0) is 37.7 Å². The minimum atomic E-state index is -0.607. The van der Waals surface area contributed by atoms with Crippen molar-refractivity contribution in [2.24, 2.45) is 5.92 Å². The van der Waals surface area contributed by atoms with Crippen molar-refractivity contribution in [3.8, 4) is 0 Å². The number of esters is 2. The number of fused-ring (bicyclic) bond motifs is 1. The van der Waals surface area contributed by atoms with Gasteiger partial charge in [0.15, 0.2) is 6.61 Å². The van der Waals surface area contributed by atoms with E-state index >= 15 is 0 Å². The first-order valence-corrected chi connectivity index (χ1v) is 9.03. The van der Waals surface area contributed by atoms with Crippen molar-refractivity contribution >= 4 is 34.2 Å². The molecule has 1 aliphatic carbocycles. The molecule has 1 aliphatic rings. The second kappa shape index (κ2) is 8.96. The lowest BCUT2D eigenvalue weighted by atomic mass is 9.88. The zero-order valence-electron chi connectivity index (χ0n) is 14.7. The third-order valence-corrected chi connectivity index (χ3v) is 5.11. The van der Waals surface area contributed by atoms with Crippen molar-refractivity contribution in [2.75, 3.05) is 32.2 Å². The van der Waals surface area contributed by atoms with Crippen LogP contribution in [0.3, 0.4) is 0 Å². The summed E-state index contributed by atoms with van der Waals surface area (Å²) in [5.41, 5.74) is 1.38. The fourth-order valence-corrected chi connectivity index (χ4v) is 4.11. The van der Waals surface area contributed by atoms with Crippen LogP contribution < -0.4 is 5.32 Å². The quantitative estimate of drug-likeness (QED) is 0.741. The van der Waals surface area contributed by atoms with Crippen LogP contribution in [0, 0.1) is 5.92 Å². The highest BCUT2D eigenvalue weighted by atomic mass is 32.1. The molecule has 0 saturated heterocycles. The van der Waals surface area contributed by atoms with Gasteiger partial charge in [-0.1, -0.05) is 6.92 Å². The van der Waals surface area contributed by atoms with E-state index in [0.29, 0.717) is 23.1 Å². The summed E-state index contributed by atoms with van der Waals surface area (Å²) in [6.45, 7) is 3.70. The van der Waals surface area contributed by atoms with Crippen LogP contribution in [-0.4, -0.2) is 44.8 Å². The molecule has 138 valence electrons. The highest BCUT2D eigenvalue weighted by Gasteiger charge is 2.28. The molecule has 2 rings (SSSR count). The summed E-state index contributed by atoms with van der Waals surface area (Å²) >= 11 is 1.39. The summed E-state index contributed by atoms with van der Waals surface area (Å²) in [7, 11) is 1.32. The van der Waals surface area contributed by atoms with Crippen molar-refractivity contribution in [3.63, 3.8) is 0 Å². The molecule has 7 nitrogen and oxygen atoms in total. The molecular formula is C17H23NO6S. The van der Waals surface area contributed by atoms with Gasteiger partial charge >= 0.3 is 11.9 Å². The van der Waals surface area contributed by atoms with E-state index in [9.17, 15) is 14.4 Å². The molecular weight excluding hydrogens is 346 g/mol. The number of hydrogen-bond donors (Lipinski definition) is 1. The number of carbonyl (C=O) groups is 3. The molecule has 1 heterocycles. The summed E-state index contributed by atoms with van der Waals surface area (Å²) in [5.74, 6) is -1.03. The number of ether oxygens (including phenoxy) is 3. The van der Waals surface area contributed by atoms with Crippen LogP contribution in [0.4, 0.5) is 5.00 Å². The van der Waals surface area contributed by atoms with Crippen LogP contribution in [0.5, 0.6) is 0 Å². The number of carbonyl (C=O) groups excluding carboxylic acids is 3. The van der Waals surface area contributed by atoms with Crippen LogP contribution in [0.25, 0.3) is 0 Å². The Hall–Kier alpha value is -1.93. The fourth-order valence-electron chi connectivity index (χ4n) is 2.69. The molecule has 0 spiro atoms. The molecule has 8 heteroatoms. The van der Waals surface area contributed by atoms with Gasteiger partial charge in [0.2, 0.25) is 0 Å². The minimum Gasteiger partial charge on any atom is -0.465 e. The fraction of sp³-hybridized carbons (Fsp3) is 0.588. The molecule has 1 N–H and O–H groups in total. The second-order valence-electron chi connectivity index (χ2n) is 5.89. The average Bonchev–Trinajstić information content (AvgIpc) is 2.94. The zero-order chi connectivity index (χ0) is 18.4.